The lowest BCUT2D eigenvalue weighted by molar-refractivity contribution is -0.141. The normalized spacial score (nSPS) is 13.3. The Bertz CT molecular complexity index is 516. The van der Waals surface area contributed by atoms with Gasteiger partial charge in [0.2, 0.25) is 0 Å². The Kier molecular flexibility index (Phi) is 6.08. The second-order valence-electron chi connectivity index (χ2n) is 6.44. The standard InChI is InChI=1S/C14H21BrF3NO2Si/c1-13(2,3)22(4,5)21-9-8-20-10-6-7-11(14(16,17)18)19-12(10)15/h6-7H,8-9H2,1-5H3. The summed E-state index contributed by atoms with van der Waals surface area (Å²) in [7, 11) is -1.85. The number of pyridine rings is 1. The van der Waals surface area contributed by atoms with Gasteiger partial charge in [-0.15, -0.1) is 0 Å². The van der Waals surface area contributed by atoms with E-state index in [0.29, 0.717) is 6.61 Å². The molecule has 22 heavy (non-hydrogen) atoms. The number of hydrogen-bond donors (Lipinski definition) is 0. The van der Waals surface area contributed by atoms with Crippen molar-refractivity contribution in [2.24, 2.45) is 0 Å². The third kappa shape index (κ3) is 5.24. The third-order valence-corrected chi connectivity index (χ3v) is 8.82. The van der Waals surface area contributed by atoms with Gasteiger partial charge in [-0.25, -0.2) is 4.98 Å². The van der Waals surface area contributed by atoms with Crippen LogP contribution < -0.4 is 4.74 Å². The van der Waals surface area contributed by atoms with Crippen molar-refractivity contribution < 1.29 is 22.3 Å². The fourth-order valence-electron chi connectivity index (χ4n) is 1.35. The highest BCUT2D eigenvalue weighted by molar-refractivity contribution is 9.10. The van der Waals surface area contributed by atoms with Crippen LogP contribution in [0, 0.1) is 0 Å². The molecule has 0 unspecified atom stereocenters. The molecule has 1 rings (SSSR count). The highest BCUT2D eigenvalue weighted by atomic mass is 79.9. The second-order valence-corrected chi connectivity index (χ2v) is 12.0. The first-order chi connectivity index (χ1) is 9.84. The zero-order valence-corrected chi connectivity index (χ0v) is 15.9. The van der Waals surface area contributed by atoms with Crippen molar-refractivity contribution in [3.05, 3.63) is 22.4 Å². The van der Waals surface area contributed by atoms with E-state index in [1.54, 1.807) is 0 Å². The van der Waals surface area contributed by atoms with Crippen LogP contribution in [0.4, 0.5) is 13.2 Å². The molecule has 0 saturated carbocycles. The summed E-state index contributed by atoms with van der Waals surface area (Å²) in [5.41, 5.74) is -0.954. The summed E-state index contributed by atoms with van der Waals surface area (Å²) in [4.78, 5) is 3.45. The average Bonchev–Trinajstić information content (AvgIpc) is 2.33. The molecule has 3 nitrogen and oxygen atoms in total. The van der Waals surface area contributed by atoms with Crippen molar-refractivity contribution in [2.75, 3.05) is 13.2 Å². The summed E-state index contributed by atoms with van der Waals surface area (Å²) in [6.45, 7) is 11.3. The Morgan fingerprint density at radius 3 is 2.18 bits per heavy atom. The van der Waals surface area contributed by atoms with Crippen LogP contribution in [0.2, 0.25) is 18.1 Å². The lowest BCUT2D eigenvalue weighted by Crippen LogP contribution is -2.41. The number of ether oxygens (including phenoxy) is 1. The highest BCUT2D eigenvalue weighted by Crippen LogP contribution is 2.36. The molecule has 126 valence electrons. The van der Waals surface area contributed by atoms with Gasteiger partial charge in [0.05, 0.1) is 6.61 Å². The lowest BCUT2D eigenvalue weighted by atomic mass is 10.2. The number of alkyl halides is 3. The number of halogens is 4. The maximum Gasteiger partial charge on any atom is 0.433 e. The van der Waals surface area contributed by atoms with E-state index in [9.17, 15) is 13.2 Å². The first-order valence-electron chi connectivity index (χ1n) is 6.85. The van der Waals surface area contributed by atoms with Gasteiger partial charge < -0.3 is 9.16 Å². The fourth-order valence-corrected chi connectivity index (χ4v) is 2.82. The Labute approximate surface area is 138 Å². The van der Waals surface area contributed by atoms with E-state index in [1.165, 1.54) is 6.07 Å². The van der Waals surface area contributed by atoms with Gasteiger partial charge >= 0.3 is 6.18 Å². The first kappa shape index (κ1) is 19.4. The van der Waals surface area contributed by atoms with Gasteiger partial charge in [0.25, 0.3) is 0 Å². The van der Waals surface area contributed by atoms with Crippen molar-refractivity contribution >= 4 is 24.2 Å². The number of aromatic nitrogens is 1. The van der Waals surface area contributed by atoms with Crippen LogP contribution in [0.25, 0.3) is 0 Å². The largest absolute Gasteiger partial charge is 0.488 e. The fraction of sp³-hybridized carbons (Fsp3) is 0.643. The monoisotopic (exact) mass is 399 g/mol. The molecule has 0 N–H and O–H groups in total. The van der Waals surface area contributed by atoms with Crippen molar-refractivity contribution in [1.82, 2.24) is 4.98 Å². The summed E-state index contributed by atoms with van der Waals surface area (Å²) < 4.78 is 48.9. The predicted molar refractivity (Wildman–Crippen MR) is 85.6 cm³/mol. The van der Waals surface area contributed by atoms with Crippen LogP contribution in [-0.2, 0) is 10.6 Å². The highest BCUT2D eigenvalue weighted by Gasteiger charge is 2.37. The molecule has 0 atom stereocenters. The first-order valence-corrected chi connectivity index (χ1v) is 10.6. The molecule has 0 spiro atoms. The van der Waals surface area contributed by atoms with Crippen LogP contribution in [0.3, 0.4) is 0 Å². The Morgan fingerprint density at radius 1 is 1.14 bits per heavy atom. The number of nitrogens with zero attached hydrogens (tertiary/aromatic N) is 1. The molecule has 0 aliphatic heterocycles. The van der Waals surface area contributed by atoms with Crippen molar-refractivity contribution in [3.8, 4) is 5.75 Å². The summed E-state index contributed by atoms with van der Waals surface area (Å²) in [6, 6.07) is 2.15. The van der Waals surface area contributed by atoms with E-state index in [1.807, 2.05) is 0 Å². The van der Waals surface area contributed by atoms with Gasteiger partial charge in [-0.05, 0) is 46.2 Å². The topological polar surface area (TPSA) is 31.4 Å². The Balaban J connectivity index is 2.57. The SMILES string of the molecule is CC(C)(C)[Si](C)(C)OCCOc1ccc(C(F)(F)F)nc1Br. The van der Waals surface area contributed by atoms with E-state index in [0.717, 1.165) is 6.07 Å². The molecule has 1 aromatic rings. The molecule has 0 bridgehead atoms. The molecule has 1 heterocycles. The van der Waals surface area contributed by atoms with Crippen LogP contribution in [0.1, 0.15) is 26.5 Å². The predicted octanol–water partition coefficient (Wildman–Crippen LogP) is 5.26. The summed E-state index contributed by atoms with van der Waals surface area (Å²) in [5.74, 6) is 0.270. The minimum absolute atomic E-state index is 0.0367. The smallest absolute Gasteiger partial charge is 0.433 e. The molecule has 0 aliphatic carbocycles. The Morgan fingerprint density at radius 2 is 1.73 bits per heavy atom. The summed E-state index contributed by atoms with van der Waals surface area (Å²) >= 11 is 2.99. The third-order valence-electron chi connectivity index (χ3n) is 3.71. The molecule has 0 amide bonds. The summed E-state index contributed by atoms with van der Waals surface area (Å²) in [5, 5.41) is 0.101. The van der Waals surface area contributed by atoms with Crippen LogP contribution in [-0.4, -0.2) is 26.5 Å². The average molecular weight is 400 g/mol. The summed E-state index contributed by atoms with van der Waals surface area (Å²) in [6.07, 6.45) is -4.47. The number of hydrogen-bond acceptors (Lipinski definition) is 3. The maximum absolute atomic E-state index is 12.5. The van der Waals surface area contributed by atoms with Gasteiger partial charge in [-0.2, -0.15) is 13.2 Å². The van der Waals surface area contributed by atoms with Crippen molar-refractivity contribution in [1.29, 1.82) is 0 Å². The van der Waals surface area contributed by atoms with Gasteiger partial charge in [0.1, 0.15) is 16.9 Å². The Hall–Kier alpha value is -0.603. The van der Waals surface area contributed by atoms with Gasteiger partial charge in [-0.3, -0.25) is 0 Å². The minimum Gasteiger partial charge on any atom is -0.488 e. The van der Waals surface area contributed by atoms with E-state index in [2.05, 4.69) is 54.8 Å². The molecule has 0 radical (unpaired) electrons. The minimum atomic E-state index is -4.47. The maximum atomic E-state index is 12.5. The van der Waals surface area contributed by atoms with Crippen LogP contribution in [0.5, 0.6) is 5.75 Å². The van der Waals surface area contributed by atoms with Gasteiger partial charge in [0.15, 0.2) is 14.1 Å². The van der Waals surface area contributed by atoms with E-state index >= 15 is 0 Å². The van der Waals surface area contributed by atoms with Crippen LogP contribution in [0.15, 0.2) is 16.7 Å². The molecule has 8 heteroatoms. The van der Waals surface area contributed by atoms with E-state index < -0.39 is 20.2 Å². The molecular formula is C14H21BrF3NO2Si. The molecular weight excluding hydrogens is 379 g/mol. The molecule has 1 aromatic heterocycles. The van der Waals surface area contributed by atoms with E-state index in [-0.39, 0.29) is 22.0 Å². The zero-order valence-electron chi connectivity index (χ0n) is 13.3. The van der Waals surface area contributed by atoms with Gasteiger partial charge in [0, 0.05) is 0 Å². The van der Waals surface area contributed by atoms with Crippen molar-refractivity contribution in [2.45, 2.75) is 45.1 Å². The number of rotatable bonds is 5. The molecule has 0 saturated heterocycles. The lowest BCUT2D eigenvalue weighted by Gasteiger charge is -2.36. The molecule has 0 fully saturated rings. The molecule has 0 aliphatic rings. The van der Waals surface area contributed by atoms with Gasteiger partial charge in [-0.1, -0.05) is 20.8 Å². The van der Waals surface area contributed by atoms with Crippen LogP contribution >= 0.6 is 15.9 Å². The molecule has 0 aromatic carbocycles. The second kappa shape index (κ2) is 6.88. The quantitative estimate of drug-likeness (QED) is 0.384. The zero-order chi connectivity index (χ0) is 17.2. The van der Waals surface area contributed by atoms with E-state index in [4.69, 9.17) is 9.16 Å². The van der Waals surface area contributed by atoms with Crippen molar-refractivity contribution in [3.63, 3.8) is 0 Å².